The largest absolute Gasteiger partial charge is 0.478 e. The van der Waals surface area contributed by atoms with Crippen molar-refractivity contribution in [1.29, 1.82) is 0 Å². The van der Waals surface area contributed by atoms with Gasteiger partial charge in [-0.3, -0.25) is 9.59 Å². The summed E-state index contributed by atoms with van der Waals surface area (Å²) in [6.07, 6.45) is 5.24. The molecule has 8 heteroatoms. The molecule has 0 radical (unpaired) electrons. The molecule has 50 heavy (non-hydrogen) atoms. The van der Waals surface area contributed by atoms with Crippen LogP contribution in [0.5, 0.6) is 0 Å². The van der Waals surface area contributed by atoms with Crippen LogP contribution in [0, 0.1) is 44.8 Å². The Labute approximate surface area is 296 Å². The Morgan fingerprint density at radius 3 is 2.32 bits per heavy atom. The summed E-state index contributed by atoms with van der Waals surface area (Å²) in [4.78, 5) is 40.4. The first-order chi connectivity index (χ1) is 23.4. The van der Waals surface area contributed by atoms with E-state index >= 15 is 0 Å². The number of carbonyl (C=O) groups is 3. The number of aliphatic hydroxyl groups excluding tert-OH is 4. The number of carbonyl (C=O) groups excluding carboxylic acids is 2. The molecule has 0 saturated heterocycles. The van der Waals surface area contributed by atoms with Crippen LogP contribution in [-0.2, 0) is 14.4 Å². The molecule has 0 aliphatic heterocycles. The van der Waals surface area contributed by atoms with Crippen LogP contribution >= 0.6 is 0 Å². The first-order valence-electron chi connectivity index (χ1n) is 18.6. The average Bonchev–Trinajstić information content (AvgIpc) is 3.11. The summed E-state index contributed by atoms with van der Waals surface area (Å²) in [7, 11) is 0. The van der Waals surface area contributed by atoms with Gasteiger partial charge in [0, 0.05) is 52.6 Å². The van der Waals surface area contributed by atoms with Gasteiger partial charge in [0.2, 0.25) is 0 Å². The summed E-state index contributed by atoms with van der Waals surface area (Å²) in [5.41, 5.74) is -1.41. The van der Waals surface area contributed by atoms with E-state index in [1.54, 1.807) is 0 Å². The van der Waals surface area contributed by atoms with Gasteiger partial charge in [0.1, 0.15) is 5.78 Å². The van der Waals surface area contributed by atoms with Gasteiger partial charge in [-0.05, 0) is 78.9 Å². The number of carboxylic acids is 1. The van der Waals surface area contributed by atoms with Crippen LogP contribution < -0.4 is 0 Å². The quantitative estimate of drug-likeness (QED) is 0.196. The molecule has 0 amide bonds. The van der Waals surface area contributed by atoms with Gasteiger partial charge in [-0.2, -0.15) is 0 Å². The van der Waals surface area contributed by atoms with Crippen molar-refractivity contribution in [2.75, 3.05) is 0 Å². The van der Waals surface area contributed by atoms with E-state index in [0.717, 1.165) is 18.4 Å². The molecular formula is C42H56O8. The molecule has 0 aromatic heterocycles. The molecule has 272 valence electrons. The van der Waals surface area contributed by atoms with Crippen molar-refractivity contribution in [2.24, 2.45) is 44.8 Å². The van der Waals surface area contributed by atoms with Gasteiger partial charge in [-0.25, -0.2) is 4.79 Å². The predicted molar refractivity (Wildman–Crippen MR) is 190 cm³/mol. The zero-order chi connectivity index (χ0) is 36.6. The van der Waals surface area contributed by atoms with Gasteiger partial charge in [0.15, 0.2) is 5.78 Å². The number of rotatable bonds is 9. The number of Topliss-reactive ketones (excluding diaryl/α,β-unsaturated/α-hetero) is 2. The molecule has 0 unspecified atom stereocenters. The Hall–Kier alpha value is -2.91. The van der Waals surface area contributed by atoms with Crippen LogP contribution in [0.15, 0.2) is 59.2 Å². The summed E-state index contributed by atoms with van der Waals surface area (Å²) in [6, 6.07) is 9.86. The van der Waals surface area contributed by atoms with Crippen molar-refractivity contribution >= 4 is 23.6 Å². The van der Waals surface area contributed by atoms with Crippen LogP contribution in [0.2, 0.25) is 0 Å². The highest BCUT2D eigenvalue weighted by Crippen LogP contribution is 2.80. The van der Waals surface area contributed by atoms with E-state index in [9.17, 15) is 39.9 Å². The normalized spacial score (nSPS) is 39.8. The number of ketones is 2. The number of hydrogen-bond acceptors (Lipinski definition) is 7. The Morgan fingerprint density at radius 1 is 1.00 bits per heavy atom. The fourth-order valence-corrected chi connectivity index (χ4v) is 12.6. The van der Waals surface area contributed by atoms with Crippen molar-refractivity contribution < 1.29 is 39.9 Å². The molecule has 5 aliphatic carbocycles. The maximum absolute atomic E-state index is 14.9. The lowest BCUT2D eigenvalue weighted by Crippen LogP contribution is -2.65. The summed E-state index contributed by atoms with van der Waals surface area (Å²) in [6.45, 7) is 11.7. The number of carboxylic acid groups (broad SMARTS) is 1. The third kappa shape index (κ3) is 5.18. The third-order valence-electron chi connectivity index (χ3n) is 14.6. The molecule has 1 aromatic carbocycles. The molecule has 8 nitrogen and oxygen atoms in total. The molecule has 5 aliphatic rings. The Kier molecular flexibility index (Phi) is 9.32. The van der Waals surface area contributed by atoms with Crippen molar-refractivity contribution in [1.82, 2.24) is 0 Å². The van der Waals surface area contributed by atoms with E-state index in [-0.39, 0.29) is 48.2 Å². The number of hydrogen-bond donors (Lipinski definition) is 5. The summed E-state index contributed by atoms with van der Waals surface area (Å²) < 4.78 is 0. The number of aliphatic hydroxyl groups is 4. The van der Waals surface area contributed by atoms with Crippen LogP contribution in [-0.4, -0.2) is 67.5 Å². The summed E-state index contributed by atoms with van der Waals surface area (Å²) in [5.74, 6) is -2.06. The van der Waals surface area contributed by atoms with Crippen LogP contribution in [0.25, 0.3) is 6.08 Å². The van der Waals surface area contributed by atoms with Gasteiger partial charge in [-0.1, -0.05) is 83.5 Å². The SMILES string of the molecule is C[C@H](O)CC(=C[C@@H](O)C[C@@H](C)[C@]12CCC[C@]3(C4=C(C(=O)C[C@]13C)[C@@]1(C)CCC(=O)C(C)(C)[C@@H]1[C@@H](C=Cc1ccccc1)[C@H]4O)[C@@H](O)C2)C(=O)O. The lowest BCUT2D eigenvalue weighted by Gasteiger charge is -2.66. The van der Waals surface area contributed by atoms with Gasteiger partial charge < -0.3 is 25.5 Å². The zero-order valence-electron chi connectivity index (χ0n) is 30.5. The summed E-state index contributed by atoms with van der Waals surface area (Å²) >= 11 is 0. The van der Waals surface area contributed by atoms with E-state index in [1.165, 1.54) is 13.0 Å². The second kappa shape index (κ2) is 12.6. The molecule has 0 spiro atoms. The number of benzene rings is 1. The molecule has 6 rings (SSSR count). The highest BCUT2D eigenvalue weighted by molar-refractivity contribution is 6.01. The van der Waals surface area contributed by atoms with Crippen LogP contribution in [0.3, 0.4) is 0 Å². The minimum atomic E-state index is -1.19. The smallest absolute Gasteiger partial charge is 0.331 e. The Balaban J connectivity index is 1.48. The zero-order valence-corrected chi connectivity index (χ0v) is 30.5. The van der Waals surface area contributed by atoms with E-state index in [2.05, 4.69) is 13.8 Å². The van der Waals surface area contributed by atoms with E-state index in [4.69, 9.17) is 0 Å². The molecule has 3 fully saturated rings. The number of aliphatic carboxylic acids is 1. The molecule has 11 atom stereocenters. The van der Waals surface area contributed by atoms with Crippen molar-refractivity contribution in [3.63, 3.8) is 0 Å². The lowest BCUT2D eigenvalue weighted by atomic mass is 9.36. The predicted octanol–water partition coefficient (Wildman–Crippen LogP) is 6.07. The second-order valence-electron chi connectivity index (χ2n) is 17.5. The first kappa shape index (κ1) is 36.9. The van der Waals surface area contributed by atoms with Crippen molar-refractivity contribution in [3.8, 4) is 0 Å². The van der Waals surface area contributed by atoms with Crippen LogP contribution in [0.1, 0.15) is 105 Å². The third-order valence-corrected chi connectivity index (χ3v) is 14.6. The fraction of sp³-hybridized carbons (Fsp3) is 0.643. The molecular weight excluding hydrogens is 632 g/mol. The Bertz CT molecular complexity index is 1640. The minimum absolute atomic E-state index is 0.0153. The van der Waals surface area contributed by atoms with Gasteiger partial charge >= 0.3 is 5.97 Å². The van der Waals surface area contributed by atoms with E-state index in [1.807, 2.05) is 63.3 Å². The highest BCUT2D eigenvalue weighted by Gasteiger charge is 2.77. The second-order valence-corrected chi connectivity index (χ2v) is 17.5. The topological polar surface area (TPSA) is 152 Å². The molecule has 3 saturated carbocycles. The molecule has 2 bridgehead atoms. The fourth-order valence-electron chi connectivity index (χ4n) is 12.6. The first-order valence-corrected chi connectivity index (χ1v) is 18.6. The van der Waals surface area contributed by atoms with E-state index in [0.29, 0.717) is 36.8 Å². The number of allylic oxidation sites excluding steroid dienone is 1. The summed E-state index contributed by atoms with van der Waals surface area (Å²) in [5, 5.41) is 56.0. The van der Waals surface area contributed by atoms with Gasteiger partial charge in [0.25, 0.3) is 0 Å². The monoisotopic (exact) mass is 688 g/mol. The van der Waals surface area contributed by atoms with Gasteiger partial charge in [-0.15, -0.1) is 0 Å². The Morgan fingerprint density at radius 2 is 1.68 bits per heavy atom. The maximum atomic E-state index is 14.9. The van der Waals surface area contributed by atoms with E-state index < -0.39 is 63.4 Å². The molecule has 1 aromatic rings. The highest BCUT2D eigenvalue weighted by atomic mass is 16.4. The minimum Gasteiger partial charge on any atom is -0.478 e. The van der Waals surface area contributed by atoms with Crippen molar-refractivity contribution in [2.45, 2.75) is 124 Å². The average molecular weight is 689 g/mol. The van der Waals surface area contributed by atoms with Crippen molar-refractivity contribution in [3.05, 3.63) is 64.8 Å². The number of fused-ring (bicyclic) bond motifs is 2. The molecule has 5 N–H and O–H groups in total. The van der Waals surface area contributed by atoms with Gasteiger partial charge in [0.05, 0.1) is 24.4 Å². The lowest BCUT2D eigenvalue weighted by molar-refractivity contribution is -0.160. The maximum Gasteiger partial charge on any atom is 0.331 e. The standard InChI is InChI=1S/C42H56O8/c1-24(19-28(44)21-27(37(49)50)20-25(2)43)41-16-10-17-42(32(47)23-41)34-33(30(45)22-40(41,42)6)39(5)18-15-31(46)38(3,4)36(39)29(35(34)48)14-13-26-11-8-7-9-12-26/h7-9,11-14,21,24-25,28-29,32,35-36,43-44,47-48H,10,15-20,22-23H2,1-6H3,(H,49,50)/t24-,25+,28+,29+,32+,35-,36+,39-,40-,41-,42-/m1/s1. The van der Waals surface area contributed by atoms with Crippen LogP contribution in [0.4, 0.5) is 0 Å². The molecule has 0 heterocycles.